The molecule has 0 amide bonds. The van der Waals surface area contributed by atoms with Crippen LogP contribution in [0.25, 0.3) is 0 Å². The number of piperidine rings is 1. The van der Waals surface area contributed by atoms with Gasteiger partial charge in [0.15, 0.2) is 0 Å². The molecule has 2 unspecified atom stereocenters. The van der Waals surface area contributed by atoms with Crippen molar-refractivity contribution in [3.63, 3.8) is 0 Å². The fourth-order valence-electron chi connectivity index (χ4n) is 3.87. The molecule has 1 saturated heterocycles. The molecule has 1 aliphatic heterocycles. The van der Waals surface area contributed by atoms with Gasteiger partial charge < -0.3 is 5.73 Å². The van der Waals surface area contributed by atoms with Crippen molar-refractivity contribution >= 4 is 0 Å². The third-order valence-corrected chi connectivity index (χ3v) is 4.75. The lowest BCUT2D eigenvalue weighted by atomic mass is 9.95. The predicted octanol–water partition coefficient (Wildman–Crippen LogP) is 3.02. The van der Waals surface area contributed by atoms with Gasteiger partial charge in [0.2, 0.25) is 0 Å². The number of hydrogen-bond acceptors (Lipinski definition) is 2. The summed E-state index contributed by atoms with van der Waals surface area (Å²) < 4.78 is 13.8. The van der Waals surface area contributed by atoms with Gasteiger partial charge in [0, 0.05) is 12.1 Å². The molecule has 0 saturated carbocycles. The highest BCUT2D eigenvalue weighted by atomic mass is 19.1. The predicted molar refractivity (Wildman–Crippen MR) is 75.5 cm³/mol. The fraction of sp³-hybridized carbons (Fsp3) is 0.625. The van der Waals surface area contributed by atoms with E-state index in [4.69, 9.17) is 5.73 Å². The van der Waals surface area contributed by atoms with Crippen molar-refractivity contribution in [1.29, 1.82) is 0 Å². The largest absolute Gasteiger partial charge is 0.330 e. The maximum absolute atomic E-state index is 13.8. The number of nitrogens with two attached hydrogens (primary N) is 1. The van der Waals surface area contributed by atoms with Gasteiger partial charge in [-0.2, -0.15) is 0 Å². The fourth-order valence-corrected chi connectivity index (χ4v) is 3.87. The third-order valence-electron chi connectivity index (χ3n) is 4.75. The van der Waals surface area contributed by atoms with Crippen molar-refractivity contribution in [2.45, 2.75) is 50.6 Å². The minimum atomic E-state index is -0.0209. The average Bonchev–Trinajstić information content (AvgIpc) is 2.85. The second kappa shape index (κ2) is 5.59. The summed E-state index contributed by atoms with van der Waals surface area (Å²) in [6.45, 7) is 1.90. The summed E-state index contributed by atoms with van der Waals surface area (Å²) in [4.78, 5) is 2.60. The van der Waals surface area contributed by atoms with Crippen LogP contribution in [0.1, 0.15) is 49.3 Å². The van der Waals surface area contributed by atoms with Crippen LogP contribution in [-0.2, 0) is 6.42 Å². The zero-order valence-corrected chi connectivity index (χ0v) is 11.4. The number of benzene rings is 1. The summed E-state index contributed by atoms with van der Waals surface area (Å²) in [5.74, 6) is -0.0209. The molecule has 2 aliphatic rings. The highest BCUT2D eigenvalue weighted by Gasteiger charge is 2.34. The van der Waals surface area contributed by atoms with E-state index in [-0.39, 0.29) is 5.82 Å². The van der Waals surface area contributed by atoms with Crippen LogP contribution >= 0.6 is 0 Å². The topological polar surface area (TPSA) is 29.3 Å². The Balaban J connectivity index is 1.85. The maximum atomic E-state index is 13.8. The van der Waals surface area contributed by atoms with Crippen molar-refractivity contribution in [1.82, 2.24) is 4.90 Å². The monoisotopic (exact) mass is 262 g/mol. The quantitative estimate of drug-likeness (QED) is 0.907. The summed E-state index contributed by atoms with van der Waals surface area (Å²) in [6, 6.07) is 6.58. The van der Waals surface area contributed by atoms with Gasteiger partial charge in [-0.15, -0.1) is 0 Å². The highest BCUT2D eigenvalue weighted by Crippen LogP contribution is 2.40. The van der Waals surface area contributed by atoms with Gasteiger partial charge in [-0.3, -0.25) is 4.90 Å². The zero-order chi connectivity index (χ0) is 13.2. The SMILES string of the molecule is NCCC1CCCCN1C1CCc2c(F)cccc21. The zero-order valence-electron chi connectivity index (χ0n) is 11.4. The molecule has 0 spiro atoms. The number of likely N-dealkylation sites (tertiary alicyclic amines) is 1. The molecule has 1 fully saturated rings. The first-order valence-electron chi connectivity index (χ1n) is 7.54. The van der Waals surface area contributed by atoms with Gasteiger partial charge in [-0.05, 0) is 62.4 Å². The Morgan fingerprint density at radius 2 is 2.16 bits per heavy atom. The normalized spacial score (nSPS) is 27.5. The van der Waals surface area contributed by atoms with Crippen molar-refractivity contribution in [3.05, 3.63) is 35.1 Å². The number of fused-ring (bicyclic) bond motifs is 1. The summed E-state index contributed by atoms with van der Waals surface area (Å²) in [7, 11) is 0. The van der Waals surface area contributed by atoms with Crippen molar-refractivity contribution in [3.8, 4) is 0 Å². The molecule has 2 nitrogen and oxygen atoms in total. The van der Waals surface area contributed by atoms with Crippen LogP contribution in [-0.4, -0.2) is 24.0 Å². The molecule has 3 rings (SSSR count). The van der Waals surface area contributed by atoms with Gasteiger partial charge in [0.05, 0.1) is 0 Å². The summed E-state index contributed by atoms with van der Waals surface area (Å²) in [5, 5.41) is 0. The summed E-state index contributed by atoms with van der Waals surface area (Å²) in [6.07, 6.45) is 6.85. The lowest BCUT2D eigenvalue weighted by Crippen LogP contribution is -2.42. The highest BCUT2D eigenvalue weighted by molar-refractivity contribution is 5.35. The molecule has 1 aliphatic carbocycles. The molecule has 19 heavy (non-hydrogen) atoms. The number of hydrogen-bond donors (Lipinski definition) is 1. The minimum Gasteiger partial charge on any atom is -0.330 e. The standard InChI is InChI=1S/C16H23FN2/c17-15-6-3-5-14-13(15)7-8-16(14)19-11-2-1-4-12(19)9-10-18/h3,5-6,12,16H,1-2,4,7-11,18H2. The molecular weight excluding hydrogens is 239 g/mol. The van der Waals surface area contributed by atoms with E-state index in [0.29, 0.717) is 12.1 Å². The second-order valence-electron chi connectivity index (χ2n) is 5.83. The van der Waals surface area contributed by atoms with E-state index >= 15 is 0 Å². The molecule has 0 aromatic heterocycles. The molecule has 0 radical (unpaired) electrons. The van der Waals surface area contributed by atoms with Crippen LogP contribution in [0.3, 0.4) is 0 Å². The molecule has 2 atom stereocenters. The number of nitrogens with zero attached hydrogens (tertiary/aromatic N) is 1. The number of halogens is 1. The van der Waals surface area contributed by atoms with Crippen LogP contribution in [0.15, 0.2) is 18.2 Å². The molecule has 104 valence electrons. The Labute approximate surface area is 114 Å². The van der Waals surface area contributed by atoms with Crippen molar-refractivity contribution in [2.75, 3.05) is 13.1 Å². The lowest BCUT2D eigenvalue weighted by Gasteiger charge is -2.40. The van der Waals surface area contributed by atoms with Crippen LogP contribution in [0, 0.1) is 5.82 Å². The average molecular weight is 262 g/mol. The smallest absolute Gasteiger partial charge is 0.126 e. The Morgan fingerprint density at radius 3 is 3.00 bits per heavy atom. The molecule has 1 heterocycles. The van der Waals surface area contributed by atoms with E-state index in [0.717, 1.165) is 37.9 Å². The Kier molecular flexibility index (Phi) is 3.85. The van der Waals surface area contributed by atoms with Gasteiger partial charge in [0.1, 0.15) is 5.82 Å². The van der Waals surface area contributed by atoms with Gasteiger partial charge >= 0.3 is 0 Å². The summed E-state index contributed by atoms with van der Waals surface area (Å²) >= 11 is 0. The Morgan fingerprint density at radius 1 is 1.26 bits per heavy atom. The first kappa shape index (κ1) is 13.1. The molecule has 0 bridgehead atoms. The van der Waals surface area contributed by atoms with Crippen molar-refractivity contribution < 1.29 is 4.39 Å². The van der Waals surface area contributed by atoms with Crippen LogP contribution in [0.5, 0.6) is 0 Å². The number of rotatable bonds is 3. The van der Waals surface area contributed by atoms with E-state index in [1.807, 2.05) is 6.07 Å². The molecule has 3 heteroatoms. The van der Waals surface area contributed by atoms with Crippen molar-refractivity contribution in [2.24, 2.45) is 5.73 Å². The first-order chi connectivity index (χ1) is 9.31. The van der Waals surface area contributed by atoms with Gasteiger partial charge in [-0.25, -0.2) is 4.39 Å². The van der Waals surface area contributed by atoms with E-state index in [9.17, 15) is 4.39 Å². The molecule has 1 aromatic rings. The van der Waals surface area contributed by atoms with Gasteiger partial charge in [0.25, 0.3) is 0 Å². The van der Waals surface area contributed by atoms with Crippen LogP contribution in [0.4, 0.5) is 4.39 Å². The second-order valence-corrected chi connectivity index (χ2v) is 5.83. The van der Waals surface area contributed by atoms with Gasteiger partial charge in [-0.1, -0.05) is 18.6 Å². The molecule has 1 aromatic carbocycles. The molecule has 2 N–H and O–H groups in total. The minimum absolute atomic E-state index is 0.0209. The lowest BCUT2D eigenvalue weighted by molar-refractivity contribution is 0.0900. The van der Waals surface area contributed by atoms with Crippen LogP contribution < -0.4 is 5.73 Å². The van der Waals surface area contributed by atoms with E-state index < -0.39 is 0 Å². The maximum Gasteiger partial charge on any atom is 0.126 e. The van der Waals surface area contributed by atoms with E-state index in [2.05, 4.69) is 11.0 Å². The third kappa shape index (κ3) is 2.41. The van der Waals surface area contributed by atoms with E-state index in [1.165, 1.54) is 24.8 Å². The van der Waals surface area contributed by atoms with Crippen LogP contribution in [0.2, 0.25) is 0 Å². The Hall–Kier alpha value is -0.930. The summed E-state index contributed by atoms with van der Waals surface area (Å²) in [5.41, 5.74) is 7.93. The molecular formula is C16H23FN2. The van der Waals surface area contributed by atoms with E-state index in [1.54, 1.807) is 6.07 Å². The first-order valence-corrected chi connectivity index (χ1v) is 7.54. The Bertz CT molecular complexity index is 444.